The van der Waals surface area contributed by atoms with E-state index in [4.69, 9.17) is 9.47 Å². The van der Waals surface area contributed by atoms with Gasteiger partial charge >= 0.3 is 0 Å². The highest BCUT2D eigenvalue weighted by atomic mass is 32.2. The van der Waals surface area contributed by atoms with Gasteiger partial charge < -0.3 is 19.4 Å². The molecular weight excluding hydrogens is 362 g/mol. The van der Waals surface area contributed by atoms with Gasteiger partial charge in [-0.3, -0.25) is 4.79 Å². The van der Waals surface area contributed by atoms with Crippen LogP contribution in [0.15, 0.2) is 23.4 Å². The molecule has 2 heterocycles. The minimum atomic E-state index is -0.0658. The van der Waals surface area contributed by atoms with Crippen molar-refractivity contribution in [2.24, 2.45) is 5.92 Å². The number of benzene rings is 1. The van der Waals surface area contributed by atoms with Crippen LogP contribution in [-0.4, -0.2) is 34.4 Å². The zero-order valence-corrected chi connectivity index (χ0v) is 17.2. The third-order valence-corrected chi connectivity index (χ3v) is 5.31. The summed E-state index contributed by atoms with van der Waals surface area (Å²) in [6.07, 6.45) is 0.856. The van der Waals surface area contributed by atoms with E-state index in [1.165, 1.54) is 11.8 Å². The molecule has 0 bridgehead atoms. The van der Waals surface area contributed by atoms with Gasteiger partial charge in [0.15, 0.2) is 16.7 Å². The van der Waals surface area contributed by atoms with Crippen LogP contribution in [0.1, 0.15) is 31.7 Å². The Bertz CT molecular complexity index is 817. The third kappa shape index (κ3) is 4.97. The first-order valence-electron chi connectivity index (χ1n) is 9.30. The van der Waals surface area contributed by atoms with Gasteiger partial charge in [-0.2, -0.15) is 0 Å². The van der Waals surface area contributed by atoms with Crippen LogP contribution in [0, 0.1) is 19.8 Å². The van der Waals surface area contributed by atoms with Crippen molar-refractivity contribution in [3.05, 3.63) is 29.6 Å². The Kier molecular flexibility index (Phi) is 6.31. The van der Waals surface area contributed by atoms with Crippen molar-refractivity contribution in [3.8, 4) is 11.5 Å². The van der Waals surface area contributed by atoms with Crippen LogP contribution < -0.4 is 14.8 Å². The van der Waals surface area contributed by atoms with Crippen LogP contribution in [0.25, 0.3) is 0 Å². The van der Waals surface area contributed by atoms with Gasteiger partial charge in [0, 0.05) is 30.4 Å². The number of imidazole rings is 1. The molecule has 1 amide bonds. The number of anilines is 1. The van der Waals surface area contributed by atoms with E-state index >= 15 is 0 Å². The number of hydrogen-bond donors (Lipinski definition) is 1. The Balaban J connectivity index is 1.62. The minimum absolute atomic E-state index is 0.0658. The topological polar surface area (TPSA) is 65.4 Å². The molecule has 1 aromatic carbocycles. The Morgan fingerprint density at radius 1 is 1.26 bits per heavy atom. The van der Waals surface area contributed by atoms with Crippen LogP contribution in [0.4, 0.5) is 5.69 Å². The molecule has 0 aliphatic carbocycles. The summed E-state index contributed by atoms with van der Waals surface area (Å²) in [7, 11) is 0. The van der Waals surface area contributed by atoms with E-state index in [9.17, 15) is 4.79 Å². The van der Waals surface area contributed by atoms with E-state index in [0.29, 0.717) is 36.3 Å². The molecule has 0 unspecified atom stereocenters. The minimum Gasteiger partial charge on any atom is -0.490 e. The lowest BCUT2D eigenvalue weighted by Crippen LogP contribution is -2.15. The fourth-order valence-corrected chi connectivity index (χ4v) is 3.78. The Hall–Kier alpha value is -2.15. The van der Waals surface area contributed by atoms with Crippen molar-refractivity contribution in [1.82, 2.24) is 9.55 Å². The van der Waals surface area contributed by atoms with Gasteiger partial charge in [0.1, 0.15) is 0 Å². The summed E-state index contributed by atoms with van der Waals surface area (Å²) in [5, 5.41) is 3.83. The molecule has 1 aliphatic rings. The van der Waals surface area contributed by atoms with Crippen molar-refractivity contribution in [2.45, 2.75) is 45.8 Å². The van der Waals surface area contributed by atoms with Crippen molar-refractivity contribution in [2.75, 3.05) is 24.3 Å². The molecule has 0 fully saturated rings. The molecule has 6 nitrogen and oxygen atoms in total. The number of nitrogens with one attached hydrogen (secondary N) is 1. The van der Waals surface area contributed by atoms with Crippen LogP contribution in [0.5, 0.6) is 11.5 Å². The van der Waals surface area contributed by atoms with E-state index in [1.807, 2.05) is 25.1 Å². The van der Waals surface area contributed by atoms with Gasteiger partial charge in [0.2, 0.25) is 5.91 Å². The lowest BCUT2D eigenvalue weighted by Gasteiger charge is -2.13. The molecule has 0 saturated carbocycles. The molecule has 0 spiro atoms. The van der Waals surface area contributed by atoms with Crippen molar-refractivity contribution < 1.29 is 14.3 Å². The predicted molar refractivity (Wildman–Crippen MR) is 108 cm³/mol. The van der Waals surface area contributed by atoms with Gasteiger partial charge in [-0.1, -0.05) is 25.6 Å². The molecular formula is C20H27N3O3S. The highest BCUT2D eigenvalue weighted by Gasteiger charge is 2.15. The summed E-state index contributed by atoms with van der Waals surface area (Å²) in [4.78, 5) is 17.0. The maximum Gasteiger partial charge on any atom is 0.234 e. The molecule has 146 valence electrons. The molecule has 1 aromatic heterocycles. The Labute approximate surface area is 164 Å². The number of thioether (sulfide) groups is 1. The van der Waals surface area contributed by atoms with Crippen LogP contribution in [0.2, 0.25) is 0 Å². The summed E-state index contributed by atoms with van der Waals surface area (Å²) in [6.45, 7) is 10.6. The number of carbonyl (C=O) groups excluding carboxylic acids is 1. The summed E-state index contributed by atoms with van der Waals surface area (Å²) < 4.78 is 13.5. The van der Waals surface area contributed by atoms with E-state index < -0.39 is 0 Å². The fraction of sp³-hybridized carbons (Fsp3) is 0.500. The standard InChI is InChI=1S/C20H27N3O3S/c1-13(2)11-23-15(4)14(3)21-20(23)27-12-19(24)22-16-6-7-17-18(10-16)26-9-5-8-25-17/h6-7,10,13H,5,8-9,11-12H2,1-4H3,(H,22,24). The Morgan fingerprint density at radius 2 is 2.00 bits per heavy atom. The fourth-order valence-electron chi connectivity index (χ4n) is 2.88. The second kappa shape index (κ2) is 8.69. The van der Waals surface area contributed by atoms with Crippen LogP contribution >= 0.6 is 11.8 Å². The van der Waals surface area contributed by atoms with Crippen molar-refractivity contribution in [3.63, 3.8) is 0 Å². The zero-order chi connectivity index (χ0) is 19.4. The number of aromatic nitrogens is 2. The summed E-state index contributed by atoms with van der Waals surface area (Å²) in [6, 6.07) is 5.49. The van der Waals surface area contributed by atoms with Gasteiger partial charge in [0.05, 0.1) is 24.7 Å². The Morgan fingerprint density at radius 3 is 2.74 bits per heavy atom. The molecule has 0 saturated heterocycles. The highest BCUT2D eigenvalue weighted by Crippen LogP contribution is 2.32. The largest absolute Gasteiger partial charge is 0.490 e. The molecule has 1 N–H and O–H groups in total. The molecule has 2 aromatic rings. The normalized spacial score (nSPS) is 13.5. The summed E-state index contributed by atoms with van der Waals surface area (Å²) >= 11 is 1.47. The average Bonchev–Trinajstić information content (AvgIpc) is 2.80. The maximum atomic E-state index is 12.4. The first kappa shape index (κ1) is 19.6. The third-order valence-electron chi connectivity index (χ3n) is 4.33. The highest BCUT2D eigenvalue weighted by molar-refractivity contribution is 7.99. The summed E-state index contributed by atoms with van der Waals surface area (Å²) in [5.41, 5.74) is 2.89. The van der Waals surface area contributed by atoms with Gasteiger partial charge in [-0.05, 0) is 31.9 Å². The maximum absolute atomic E-state index is 12.4. The van der Waals surface area contributed by atoms with Gasteiger partial charge in [-0.25, -0.2) is 4.98 Å². The number of fused-ring (bicyclic) bond motifs is 1. The average molecular weight is 390 g/mol. The lowest BCUT2D eigenvalue weighted by molar-refractivity contribution is -0.113. The second-order valence-electron chi connectivity index (χ2n) is 7.12. The number of carbonyl (C=O) groups is 1. The molecule has 0 radical (unpaired) electrons. The van der Waals surface area contributed by atoms with E-state index in [0.717, 1.165) is 35.3 Å². The predicted octanol–water partition coefficient (Wildman–Crippen LogP) is 4.05. The summed E-state index contributed by atoms with van der Waals surface area (Å²) in [5.74, 6) is 2.16. The molecule has 0 atom stereocenters. The SMILES string of the molecule is Cc1nc(SCC(=O)Nc2ccc3c(c2)OCCCO3)n(CC(C)C)c1C. The second-order valence-corrected chi connectivity index (χ2v) is 8.06. The lowest BCUT2D eigenvalue weighted by atomic mass is 10.2. The number of amides is 1. The van der Waals surface area contributed by atoms with Crippen molar-refractivity contribution in [1.29, 1.82) is 0 Å². The number of rotatable bonds is 6. The smallest absolute Gasteiger partial charge is 0.234 e. The molecule has 7 heteroatoms. The first-order chi connectivity index (χ1) is 12.9. The van der Waals surface area contributed by atoms with E-state index in [2.05, 4.69) is 35.6 Å². The van der Waals surface area contributed by atoms with Gasteiger partial charge in [-0.15, -0.1) is 0 Å². The molecule has 27 heavy (non-hydrogen) atoms. The zero-order valence-electron chi connectivity index (χ0n) is 16.4. The molecule has 1 aliphatic heterocycles. The van der Waals surface area contributed by atoms with E-state index in [-0.39, 0.29) is 5.91 Å². The number of hydrogen-bond acceptors (Lipinski definition) is 5. The first-order valence-corrected chi connectivity index (χ1v) is 10.3. The van der Waals surface area contributed by atoms with Crippen LogP contribution in [-0.2, 0) is 11.3 Å². The number of aryl methyl sites for hydroxylation is 1. The van der Waals surface area contributed by atoms with E-state index in [1.54, 1.807) is 0 Å². The van der Waals surface area contributed by atoms with Gasteiger partial charge in [0.25, 0.3) is 0 Å². The number of nitrogens with zero attached hydrogens (tertiary/aromatic N) is 2. The van der Waals surface area contributed by atoms with Crippen LogP contribution in [0.3, 0.4) is 0 Å². The van der Waals surface area contributed by atoms with Crippen molar-refractivity contribution >= 4 is 23.4 Å². The quantitative estimate of drug-likeness (QED) is 0.755. The monoisotopic (exact) mass is 389 g/mol. The number of ether oxygens (including phenoxy) is 2. The molecule has 3 rings (SSSR count).